The quantitative estimate of drug-likeness (QED) is 0.762. The van der Waals surface area contributed by atoms with Crippen molar-refractivity contribution in [2.45, 2.75) is 5.03 Å². The molecule has 94 valence electrons. The monoisotopic (exact) mass is 267 g/mol. The van der Waals surface area contributed by atoms with Gasteiger partial charge in [0.2, 0.25) is 0 Å². The Hall–Kier alpha value is -2.35. The third kappa shape index (κ3) is 2.48. The molecule has 0 spiro atoms. The fourth-order valence-corrected chi connectivity index (χ4v) is 2.29. The molecule has 0 radical (unpaired) electrons. The summed E-state index contributed by atoms with van der Waals surface area (Å²) in [6.07, 6.45) is 2.63. The third-order valence-corrected chi connectivity index (χ3v) is 3.43. The predicted molar refractivity (Wildman–Crippen MR) is 62.8 cm³/mol. The molecule has 0 aliphatic rings. The van der Waals surface area contributed by atoms with E-state index in [0.717, 1.165) is 6.20 Å². The number of pyridine rings is 1. The normalized spacial score (nSPS) is 11.1. The first-order valence-corrected chi connectivity index (χ1v) is 6.33. The molecule has 0 aliphatic heterocycles. The molecule has 3 N–H and O–H groups in total. The van der Waals surface area contributed by atoms with Crippen molar-refractivity contribution >= 4 is 21.7 Å². The highest BCUT2D eigenvalue weighted by atomic mass is 32.2. The molecule has 0 amide bonds. The molecule has 0 saturated carbocycles. The minimum atomic E-state index is -3.70. The molecule has 0 fully saturated rings. The molecule has 0 aliphatic carbocycles. The highest BCUT2D eigenvalue weighted by Gasteiger charge is 2.15. The van der Waals surface area contributed by atoms with Gasteiger partial charge in [0.15, 0.2) is 5.03 Å². The summed E-state index contributed by atoms with van der Waals surface area (Å²) < 4.78 is 25.9. The number of carboxylic acids is 1. The fraction of sp³-hybridized carbons (Fsp3) is 0. The molecular formula is C10H9N3O4S. The van der Waals surface area contributed by atoms with Crippen LogP contribution in [0.3, 0.4) is 0 Å². The van der Waals surface area contributed by atoms with Crippen LogP contribution in [0.5, 0.6) is 0 Å². The maximum Gasteiger partial charge on any atom is 0.354 e. The standard InChI is InChI=1S/C10H9N3O4S/c14-10(15)8-4-3-7(6-12-8)13-18(16,17)9-2-1-5-11-9/h1-6,11,13H,(H,14,15). The Bertz CT molecular complexity index is 647. The van der Waals surface area contributed by atoms with Gasteiger partial charge >= 0.3 is 5.97 Å². The van der Waals surface area contributed by atoms with E-state index in [1.54, 1.807) is 6.07 Å². The van der Waals surface area contributed by atoms with Gasteiger partial charge in [-0.3, -0.25) is 4.72 Å². The molecule has 8 heteroatoms. The lowest BCUT2D eigenvalue weighted by molar-refractivity contribution is 0.0690. The maximum absolute atomic E-state index is 11.8. The number of nitrogens with zero attached hydrogens (tertiary/aromatic N) is 1. The minimum absolute atomic E-state index is 0.0183. The Morgan fingerprint density at radius 3 is 2.61 bits per heavy atom. The second kappa shape index (κ2) is 4.49. The Kier molecular flexibility index (Phi) is 3.02. The summed E-state index contributed by atoms with van der Waals surface area (Å²) in [5.74, 6) is -1.17. The van der Waals surface area contributed by atoms with Gasteiger partial charge in [0, 0.05) is 6.20 Å². The average Bonchev–Trinajstić information content (AvgIpc) is 2.83. The van der Waals surface area contributed by atoms with Gasteiger partial charge in [-0.25, -0.2) is 9.78 Å². The van der Waals surface area contributed by atoms with Gasteiger partial charge in [0.05, 0.1) is 11.9 Å². The summed E-state index contributed by atoms with van der Waals surface area (Å²) in [7, 11) is -3.70. The van der Waals surface area contributed by atoms with E-state index in [0.29, 0.717) is 0 Å². The molecule has 2 rings (SSSR count). The highest BCUT2D eigenvalue weighted by Crippen LogP contribution is 2.13. The zero-order valence-electron chi connectivity index (χ0n) is 8.99. The van der Waals surface area contributed by atoms with Crippen molar-refractivity contribution in [3.63, 3.8) is 0 Å². The van der Waals surface area contributed by atoms with Crippen LogP contribution in [-0.2, 0) is 10.0 Å². The number of carboxylic acid groups (broad SMARTS) is 1. The van der Waals surface area contributed by atoms with Crippen LogP contribution in [0.25, 0.3) is 0 Å². The Morgan fingerprint density at radius 2 is 2.11 bits per heavy atom. The van der Waals surface area contributed by atoms with Crippen molar-refractivity contribution in [1.82, 2.24) is 9.97 Å². The summed E-state index contributed by atoms with van der Waals surface area (Å²) in [4.78, 5) is 16.7. The largest absolute Gasteiger partial charge is 0.477 e. The van der Waals surface area contributed by atoms with Gasteiger partial charge in [0.25, 0.3) is 10.0 Å². The lowest BCUT2D eigenvalue weighted by Gasteiger charge is -2.05. The number of aromatic nitrogens is 2. The van der Waals surface area contributed by atoms with Crippen LogP contribution in [-0.4, -0.2) is 29.5 Å². The molecule has 0 bridgehead atoms. The molecule has 18 heavy (non-hydrogen) atoms. The van der Waals surface area contributed by atoms with Crippen molar-refractivity contribution in [1.29, 1.82) is 0 Å². The van der Waals surface area contributed by atoms with Crippen molar-refractivity contribution in [2.75, 3.05) is 4.72 Å². The Morgan fingerprint density at radius 1 is 1.33 bits per heavy atom. The summed E-state index contributed by atoms with van der Waals surface area (Å²) in [5.41, 5.74) is 0.0346. The number of anilines is 1. The first-order valence-electron chi connectivity index (χ1n) is 4.84. The van der Waals surface area contributed by atoms with Gasteiger partial charge in [-0.1, -0.05) is 0 Å². The lowest BCUT2D eigenvalue weighted by Crippen LogP contribution is -2.13. The molecule has 0 saturated heterocycles. The number of aromatic amines is 1. The smallest absolute Gasteiger partial charge is 0.354 e. The number of rotatable bonds is 4. The highest BCUT2D eigenvalue weighted by molar-refractivity contribution is 7.92. The topological polar surface area (TPSA) is 112 Å². The third-order valence-electron chi connectivity index (χ3n) is 2.09. The number of hydrogen-bond donors (Lipinski definition) is 3. The second-order valence-electron chi connectivity index (χ2n) is 3.38. The van der Waals surface area contributed by atoms with Crippen LogP contribution in [0.1, 0.15) is 10.5 Å². The SMILES string of the molecule is O=C(O)c1ccc(NS(=O)(=O)c2ccc[nH]2)cn1. The average molecular weight is 267 g/mol. The van der Waals surface area contributed by atoms with E-state index in [1.165, 1.54) is 24.4 Å². The summed E-state index contributed by atoms with van der Waals surface area (Å²) in [5, 5.41) is 8.67. The second-order valence-corrected chi connectivity index (χ2v) is 5.03. The minimum Gasteiger partial charge on any atom is -0.477 e. The van der Waals surface area contributed by atoms with Gasteiger partial charge < -0.3 is 10.1 Å². The summed E-state index contributed by atoms with van der Waals surface area (Å²) in [6.45, 7) is 0. The Labute approximate surface area is 103 Å². The lowest BCUT2D eigenvalue weighted by atomic mass is 10.3. The van der Waals surface area contributed by atoms with Crippen LogP contribution >= 0.6 is 0 Å². The first-order chi connectivity index (χ1) is 8.49. The van der Waals surface area contributed by atoms with E-state index in [9.17, 15) is 13.2 Å². The van der Waals surface area contributed by atoms with Gasteiger partial charge in [-0.2, -0.15) is 8.42 Å². The number of nitrogens with one attached hydrogen (secondary N) is 2. The van der Waals surface area contributed by atoms with Crippen molar-refractivity contribution in [3.05, 3.63) is 42.4 Å². The number of H-pyrrole nitrogens is 1. The van der Waals surface area contributed by atoms with E-state index in [-0.39, 0.29) is 16.4 Å². The van der Waals surface area contributed by atoms with Crippen LogP contribution < -0.4 is 4.72 Å². The van der Waals surface area contributed by atoms with E-state index in [2.05, 4.69) is 14.7 Å². The summed E-state index contributed by atoms with van der Waals surface area (Å²) in [6, 6.07) is 5.51. The molecule has 0 unspecified atom stereocenters. The van der Waals surface area contributed by atoms with E-state index in [4.69, 9.17) is 5.11 Å². The van der Waals surface area contributed by atoms with E-state index < -0.39 is 16.0 Å². The fourth-order valence-electron chi connectivity index (χ4n) is 1.27. The van der Waals surface area contributed by atoms with Crippen LogP contribution in [0.2, 0.25) is 0 Å². The number of sulfonamides is 1. The molecule has 2 heterocycles. The first kappa shape index (κ1) is 12.1. The van der Waals surface area contributed by atoms with Crippen LogP contribution in [0.15, 0.2) is 41.7 Å². The predicted octanol–water partition coefficient (Wildman–Crippen LogP) is 0.909. The number of hydrogen-bond acceptors (Lipinski definition) is 4. The van der Waals surface area contributed by atoms with Gasteiger partial charge in [0.1, 0.15) is 5.69 Å². The van der Waals surface area contributed by atoms with Crippen LogP contribution in [0, 0.1) is 0 Å². The molecule has 0 atom stereocenters. The number of carbonyl (C=O) groups is 1. The van der Waals surface area contributed by atoms with E-state index >= 15 is 0 Å². The number of aromatic carboxylic acids is 1. The van der Waals surface area contributed by atoms with Gasteiger partial charge in [-0.15, -0.1) is 0 Å². The molecular weight excluding hydrogens is 258 g/mol. The zero-order valence-corrected chi connectivity index (χ0v) is 9.81. The van der Waals surface area contributed by atoms with E-state index in [1.807, 2.05) is 0 Å². The molecule has 7 nitrogen and oxygen atoms in total. The van der Waals surface area contributed by atoms with Crippen molar-refractivity contribution < 1.29 is 18.3 Å². The molecule has 2 aromatic heterocycles. The Balaban J connectivity index is 2.22. The summed E-state index contributed by atoms with van der Waals surface area (Å²) >= 11 is 0. The van der Waals surface area contributed by atoms with Crippen molar-refractivity contribution in [3.8, 4) is 0 Å². The zero-order chi connectivity index (χ0) is 13.2. The molecule has 0 aromatic carbocycles. The van der Waals surface area contributed by atoms with Crippen LogP contribution in [0.4, 0.5) is 5.69 Å². The van der Waals surface area contributed by atoms with Gasteiger partial charge in [-0.05, 0) is 24.3 Å². The molecule has 2 aromatic rings. The van der Waals surface area contributed by atoms with Crippen molar-refractivity contribution in [2.24, 2.45) is 0 Å². The maximum atomic E-state index is 11.8.